The van der Waals surface area contributed by atoms with Crippen molar-refractivity contribution < 1.29 is 17.9 Å². The molecule has 1 aromatic rings. The second-order valence-electron chi connectivity index (χ2n) is 6.21. The average Bonchev–Trinajstić information content (AvgIpc) is 2.40. The molecule has 0 aliphatic carbocycles. The number of hydrogen-bond donors (Lipinski definition) is 1. The molecule has 1 aromatic carbocycles. The monoisotopic (exact) mass is 347 g/mol. The van der Waals surface area contributed by atoms with Crippen LogP contribution in [-0.4, -0.2) is 26.8 Å². The maximum absolute atomic E-state index is 11.7. The molecule has 7 heteroatoms. The fraction of sp³-hybridized carbons (Fsp3) is 0.533. The lowest BCUT2D eigenvalue weighted by atomic mass is 9.82. The van der Waals surface area contributed by atoms with Gasteiger partial charge in [0.15, 0.2) is 0 Å². The van der Waals surface area contributed by atoms with Crippen LogP contribution in [0.2, 0.25) is 0 Å². The van der Waals surface area contributed by atoms with Gasteiger partial charge in [0.25, 0.3) is 0 Å². The van der Waals surface area contributed by atoms with Crippen molar-refractivity contribution in [2.24, 2.45) is 11.3 Å². The summed E-state index contributed by atoms with van der Waals surface area (Å²) in [5, 5.41) is 2.60. The van der Waals surface area contributed by atoms with Crippen molar-refractivity contribution in [3.05, 3.63) is 35.9 Å². The maximum Gasteiger partial charge on any atom is 0.407 e. The Kier molecular flexibility index (Phi) is 6.68. The van der Waals surface area contributed by atoms with Crippen LogP contribution in [0.4, 0.5) is 4.79 Å². The quantitative estimate of drug-likeness (QED) is 0.802. The van der Waals surface area contributed by atoms with E-state index in [2.05, 4.69) is 5.32 Å². The molecule has 22 heavy (non-hydrogen) atoms. The van der Waals surface area contributed by atoms with Gasteiger partial charge in [-0.05, 0) is 16.9 Å². The summed E-state index contributed by atoms with van der Waals surface area (Å²) in [6.45, 7) is 6.05. The summed E-state index contributed by atoms with van der Waals surface area (Å²) < 4.78 is 27.6. The first-order chi connectivity index (χ1) is 10.1. The number of hydrogen-bond acceptors (Lipinski definition) is 4. The minimum atomic E-state index is -3.63. The van der Waals surface area contributed by atoms with Crippen molar-refractivity contribution in [3.8, 4) is 0 Å². The third kappa shape index (κ3) is 7.66. The van der Waals surface area contributed by atoms with Crippen LogP contribution in [-0.2, 0) is 20.4 Å². The maximum atomic E-state index is 11.7. The first-order valence-corrected chi connectivity index (χ1v) is 9.42. The summed E-state index contributed by atoms with van der Waals surface area (Å²) in [4.78, 5) is 11.7. The number of halogens is 1. The van der Waals surface area contributed by atoms with Crippen LogP contribution in [0.25, 0.3) is 0 Å². The van der Waals surface area contributed by atoms with Crippen molar-refractivity contribution in [2.75, 3.05) is 12.3 Å². The fourth-order valence-electron chi connectivity index (χ4n) is 1.84. The van der Waals surface area contributed by atoms with Gasteiger partial charge in [0.1, 0.15) is 6.61 Å². The largest absolute Gasteiger partial charge is 0.445 e. The molecule has 1 rings (SSSR count). The average molecular weight is 348 g/mol. The van der Waals surface area contributed by atoms with E-state index < -0.39 is 15.1 Å². The van der Waals surface area contributed by atoms with Gasteiger partial charge < -0.3 is 10.1 Å². The van der Waals surface area contributed by atoms with Gasteiger partial charge in [-0.25, -0.2) is 13.2 Å². The number of amides is 1. The molecule has 0 aromatic heterocycles. The van der Waals surface area contributed by atoms with Crippen molar-refractivity contribution in [3.63, 3.8) is 0 Å². The van der Waals surface area contributed by atoms with E-state index in [0.29, 0.717) is 0 Å². The smallest absolute Gasteiger partial charge is 0.407 e. The molecule has 1 unspecified atom stereocenters. The standard InChI is InChI=1S/C15H22ClNO4S/c1-15(2,3)13(11-22(16,19)20)9-17-14(18)21-10-12-7-5-4-6-8-12/h4-8,13H,9-11H2,1-3H3,(H,17,18). The molecule has 0 radical (unpaired) electrons. The Morgan fingerprint density at radius 1 is 1.27 bits per heavy atom. The van der Waals surface area contributed by atoms with E-state index in [1.165, 1.54) is 0 Å². The molecular weight excluding hydrogens is 326 g/mol. The summed E-state index contributed by atoms with van der Waals surface area (Å²) in [7, 11) is 1.69. The number of carbonyl (C=O) groups excluding carboxylic acids is 1. The zero-order valence-corrected chi connectivity index (χ0v) is 14.6. The number of carbonyl (C=O) groups is 1. The lowest BCUT2D eigenvalue weighted by Crippen LogP contribution is -2.38. The topological polar surface area (TPSA) is 72.5 Å². The molecule has 1 atom stereocenters. The van der Waals surface area contributed by atoms with Crippen molar-refractivity contribution in [1.29, 1.82) is 0 Å². The van der Waals surface area contributed by atoms with Crippen LogP contribution in [0.5, 0.6) is 0 Å². The first kappa shape index (κ1) is 18.8. The van der Waals surface area contributed by atoms with E-state index in [9.17, 15) is 13.2 Å². The van der Waals surface area contributed by atoms with Gasteiger partial charge in [-0.15, -0.1) is 0 Å². The van der Waals surface area contributed by atoms with Crippen LogP contribution in [0.15, 0.2) is 30.3 Å². The molecule has 0 saturated heterocycles. The predicted octanol–water partition coefficient (Wildman–Crippen LogP) is 3.14. The van der Waals surface area contributed by atoms with Crippen LogP contribution in [0, 0.1) is 11.3 Å². The van der Waals surface area contributed by atoms with E-state index in [1.54, 1.807) is 0 Å². The van der Waals surface area contributed by atoms with Gasteiger partial charge in [-0.1, -0.05) is 51.1 Å². The number of ether oxygens (including phenoxy) is 1. The second-order valence-corrected chi connectivity index (χ2v) is 9.03. The van der Waals surface area contributed by atoms with E-state index in [0.717, 1.165) is 5.56 Å². The normalized spacial score (nSPS) is 13.5. The summed E-state index contributed by atoms with van der Waals surface area (Å²) in [5.74, 6) is -0.504. The highest BCUT2D eigenvalue weighted by molar-refractivity contribution is 8.13. The molecule has 1 amide bonds. The number of nitrogens with one attached hydrogen (secondary N) is 1. The van der Waals surface area contributed by atoms with Gasteiger partial charge in [-0.2, -0.15) is 0 Å². The summed E-state index contributed by atoms with van der Waals surface area (Å²) >= 11 is 0. The number of benzene rings is 1. The van der Waals surface area contributed by atoms with Crippen LogP contribution in [0.1, 0.15) is 26.3 Å². The Labute approximate surface area is 136 Å². The molecule has 0 bridgehead atoms. The highest BCUT2D eigenvalue weighted by atomic mass is 35.7. The zero-order chi connectivity index (χ0) is 16.8. The Balaban J connectivity index is 2.49. The second kappa shape index (κ2) is 7.83. The van der Waals surface area contributed by atoms with Crippen molar-refractivity contribution in [2.45, 2.75) is 27.4 Å². The summed E-state index contributed by atoms with van der Waals surface area (Å²) in [5.41, 5.74) is 0.572. The summed E-state index contributed by atoms with van der Waals surface area (Å²) in [6.07, 6.45) is -0.579. The van der Waals surface area contributed by atoms with E-state index in [-0.39, 0.29) is 30.2 Å². The highest BCUT2D eigenvalue weighted by Crippen LogP contribution is 2.27. The summed E-state index contributed by atoms with van der Waals surface area (Å²) in [6, 6.07) is 9.30. The number of alkyl carbamates (subject to hydrolysis) is 1. The third-order valence-electron chi connectivity index (χ3n) is 3.33. The Hall–Kier alpha value is -1.27. The van der Waals surface area contributed by atoms with E-state index >= 15 is 0 Å². The van der Waals surface area contributed by atoms with E-state index in [1.807, 2.05) is 51.1 Å². The first-order valence-electron chi connectivity index (χ1n) is 6.95. The molecule has 5 nitrogen and oxygen atoms in total. The molecular formula is C15H22ClNO4S. The van der Waals surface area contributed by atoms with Crippen LogP contribution >= 0.6 is 10.7 Å². The SMILES string of the molecule is CC(C)(C)C(CNC(=O)OCc1ccccc1)CS(=O)(=O)Cl. The molecule has 0 heterocycles. The Morgan fingerprint density at radius 2 is 1.86 bits per heavy atom. The van der Waals surface area contributed by atoms with Crippen molar-refractivity contribution in [1.82, 2.24) is 5.32 Å². The minimum Gasteiger partial charge on any atom is -0.445 e. The molecule has 1 N–H and O–H groups in total. The van der Waals surface area contributed by atoms with Gasteiger partial charge in [0.2, 0.25) is 9.05 Å². The molecule has 124 valence electrons. The van der Waals surface area contributed by atoms with Crippen LogP contribution in [0.3, 0.4) is 0 Å². The predicted molar refractivity (Wildman–Crippen MR) is 87.2 cm³/mol. The fourth-order valence-corrected chi connectivity index (χ4v) is 3.39. The highest BCUT2D eigenvalue weighted by Gasteiger charge is 2.29. The number of rotatable bonds is 6. The van der Waals surface area contributed by atoms with E-state index in [4.69, 9.17) is 15.4 Å². The molecule has 0 aliphatic rings. The van der Waals surface area contributed by atoms with Gasteiger partial charge in [0.05, 0.1) is 5.75 Å². The molecule has 0 spiro atoms. The Bertz CT molecular complexity index is 581. The minimum absolute atomic E-state index is 0.167. The lowest BCUT2D eigenvalue weighted by Gasteiger charge is -2.29. The molecule has 0 saturated carbocycles. The van der Waals surface area contributed by atoms with Crippen LogP contribution < -0.4 is 5.32 Å². The molecule has 0 fully saturated rings. The Morgan fingerprint density at radius 3 is 2.36 bits per heavy atom. The zero-order valence-electron chi connectivity index (χ0n) is 13.0. The lowest BCUT2D eigenvalue weighted by molar-refractivity contribution is 0.134. The van der Waals surface area contributed by atoms with Gasteiger partial charge >= 0.3 is 6.09 Å². The molecule has 0 aliphatic heterocycles. The van der Waals surface area contributed by atoms with Crippen molar-refractivity contribution >= 4 is 25.8 Å². The third-order valence-corrected chi connectivity index (χ3v) is 4.51. The van der Waals surface area contributed by atoms with Gasteiger partial charge in [0, 0.05) is 17.2 Å². The van der Waals surface area contributed by atoms with Gasteiger partial charge in [-0.3, -0.25) is 0 Å².